The molecule has 0 saturated carbocycles. The van der Waals surface area contributed by atoms with Crippen molar-refractivity contribution in [3.63, 3.8) is 0 Å². The monoisotopic (exact) mass is 284 g/mol. The number of hydrogen-bond donors (Lipinski definition) is 2. The minimum absolute atomic E-state index is 0.0675. The van der Waals surface area contributed by atoms with Crippen LogP contribution in [0.5, 0.6) is 5.75 Å². The Morgan fingerprint density at radius 2 is 1.76 bits per heavy atom. The van der Waals surface area contributed by atoms with Crippen LogP contribution in [0.2, 0.25) is 0 Å². The summed E-state index contributed by atoms with van der Waals surface area (Å²) in [4.78, 5) is 11.9. The second-order valence-corrected chi connectivity index (χ2v) is 5.20. The molecule has 0 aliphatic heterocycles. The van der Waals surface area contributed by atoms with Gasteiger partial charge in [0.1, 0.15) is 5.75 Å². The van der Waals surface area contributed by atoms with E-state index < -0.39 is 0 Å². The van der Waals surface area contributed by atoms with E-state index in [9.17, 15) is 4.79 Å². The Bertz CT molecular complexity index is 625. The highest BCUT2D eigenvalue weighted by Crippen LogP contribution is 2.27. The Morgan fingerprint density at radius 1 is 1.10 bits per heavy atom. The lowest BCUT2D eigenvalue weighted by atomic mass is 10.1. The van der Waals surface area contributed by atoms with E-state index in [1.54, 1.807) is 0 Å². The third kappa shape index (κ3) is 3.99. The lowest BCUT2D eigenvalue weighted by Crippen LogP contribution is -2.20. The summed E-state index contributed by atoms with van der Waals surface area (Å²) in [7, 11) is 0. The molecule has 0 atom stereocenters. The van der Waals surface area contributed by atoms with Crippen LogP contribution in [0.4, 0.5) is 11.4 Å². The molecular weight excluding hydrogens is 264 g/mol. The van der Waals surface area contributed by atoms with Gasteiger partial charge in [0, 0.05) is 5.69 Å². The van der Waals surface area contributed by atoms with E-state index in [0.717, 1.165) is 22.4 Å². The van der Waals surface area contributed by atoms with E-state index in [4.69, 9.17) is 10.5 Å². The molecule has 0 aliphatic rings. The highest BCUT2D eigenvalue weighted by atomic mass is 16.5. The van der Waals surface area contributed by atoms with Gasteiger partial charge in [-0.15, -0.1) is 0 Å². The second kappa shape index (κ2) is 6.31. The van der Waals surface area contributed by atoms with Gasteiger partial charge < -0.3 is 15.8 Å². The summed E-state index contributed by atoms with van der Waals surface area (Å²) in [5.74, 6) is 0.359. The number of carbonyl (C=O) groups excluding carboxylic acids is 1. The molecule has 4 nitrogen and oxygen atoms in total. The molecule has 0 spiro atoms. The van der Waals surface area contributed by atoms with Crippen LogP contribution in [-0.2, 0) is 4.79 Å². The predicted octanol–water partition coefficient (Wildman–Crippen LogP) is 3.21. The molecule has 1 amide bonds. The van der Waals surface area contributed by atoms with E-state index in [-0.39, 0.29) is 12.5 Å². The Labute approximate surface area is 124 Å². The highest BCUT2D eigenvalue weighted by molar-refractivity contribution is 5.92. The molecule has 2 aromatic rings. The lowest BCUT2D eigenvalue weighted by molar-refractivity contribution is -0.118. The summed E-state index contributed by atoms with van der Waals surface area (Å²) in [6, 6.07) is 11.4. The second-order valence-electron chi connectivity index (χ2n) is 5.20. The number of benzene rings is 2. The molecule has 0 bridgehead atoms. The van der Waals surface area contributed by atoms with Gasteiger partial charge in [0.25, 0.3) is 5.91 Å². The van der Waals surface area contributed by atoms with Crippen molar-refractivity contribution in [1.82, 2.24) is 0 Å². The first-order valence-electron chi connectivity index (χ1n) is 6.82. The first-order chi connectivity index (χ1) is 9.95. The number of ether oxygens (including phenoxy) is 1. The SMILES string of the molecule is Cc1ccc(NC(=O)COc2c(C)cc(C)cc2N)cc1. The van der Waals surface area contributed by atoms with Gasteiger partial charge in [0.15, 0.2) is 6.61 Å². The quantitative estimate of drug-likeness (QED) is 0.847. The number of hydrogen-bond acceptors (Lipinski definition) is 3. The van der Waals surface area contributed by atoms with Crippen molar-refractivity contribution in [3.05, 3.63) is 53.1 Å². The number of nitrogens with one attached hydrogen (secondary N) is 1. The van der Waals surface area contributed by atoms with E-state index >= 15 is 0 Å². The summed E-state index contributed by atoms with van der Waals surface area (Å²) in [5, 5.41) is 2.78. The smallest absolute Gasteiger partial charge is 0.262 e. The third-order valence-corrected chi connectivity index (χ3v) is 3.13. The molecule has 0 radical (unpaired) electrons. The van der Waals surface area contributed by atoms with Crippen molar-refractivity contribution in [2.75, 3.05) is 17.7 Å². The Kier molecular flexibility index (Phi) is 4.48. The average molecular weight is 284 g/mol. The van der Waals surface area contributed by atoms with E-state index in [0.29, 0.717) is 11.4 Å². The van der Waals surface area contributed by atoms with Crippen LogP contribution >= 0.6 is 0 Å². The van der Waals surface area contributed by atoms with E-state index in [2.05, 4.69) is 5.32 Å². The number of nitrogen functional groups attached to an aromatic ring is 1. The zero-order chi connectivity index (χ0) is 15.4. The predicted molar refractivity (Wildman–Crippen MR) is 85.6 cm³/mol. The third-order valence-electron chi connectivity index (χ3n) is 3.13. The van der Waals surface area contributed by atoms with Crippen molar-refractivity contribution < 1.29 is 9.53 Å². The molecule has 0 heterocycles. The standard InChI is InChI=1S/C17H20N2O2/c1-11-4-6-14(7-5-11)19-16(20)10-21-17-13(3)8-12(2)9-15(17)18/h4-9H,10,18H2,1-3H3,(H,19,20). The van der Waals surface area contributed by atoms with Crippen molar-refractivity contribution in [1.29, 1.82) is 0 Å². The number of rotatable bonds is 4. The number of nitrogens with two attached hydrogens (primary N) is 1. The van der Waals surface area contributed by atoms with Gasteiger partial charge in [-0.05, 0) is 50.1 Å². The molecule has 2 rings (SSSR count). The molecule has 21 heavy (non-hydrogen) atoms. The van der Waals surface area contributed by atoms with Crippen LogP contribution in [0.25, 0.3) is 0 Å². The van der Waals surface area contributed by atoms with Gasteiger partial charge in [0.2, 0.25) is 0 Å². The van der Waals surface area contributed by atoms with Gasteiger partial charge in [-0.2, -0.15) is 0 Å². The van der Waals surface area contributed by atoms with Crippen molar-refractivity contribution in [3.8, 4) is 5.75 Å². The summed E-state index contributed by atoms with van der Waals surface area (Å²) < 4.78 is 5.54. The Balaban J connectivity index is 1.97. The fourth-order valence-electron chi connectivity index (χ4n) is 2.16. The number of amides is 1. The summed E-state index contributed by atoms with van der Waals surface area (Å²) in [6.07, 6.45) is 0. The van der Waals surface area contributed by atoms with Crippen LogP contribution in [0, 0.1) is 20.8 Å². The molecule has 0 saturated heterocycles. The van der Waals surface area contributed by atoms with E-state index in [1.807, 2.05) is 57.2 Å². The summed E-state index contributed by atoms with van der Waals surface area (Å²) >= 11 is 0. The zero-order valence-corrected chi connectivity index (χ0v) is 12.6. The minimum Gasteiger partial charge on any atom is -0.481 e. The fraction of sp³-hybridized carbons (Fsp3) is 0.235. The van der Waals surface area contributed by atoms with Gasteiger partial charge >= 0.3 is 0 Å². The molecule has 4 heteroatoms. The molecule has 0 aliphatic carbocycles. The maximum Gasteiger partial charge on any atom is 0.262 e. The van der Waals surface area contributed by atoms with Gasteiger partial charge in [0.05, 0.1) is 5.69 Å². The van der Waals surface area contributed by atoms with Crippen LogP contribution in [0.1, 0.15) is 16.7 Å². The topological polar surface area (TPSA) is 64.3 Å². The molecule has 3 N–H and O–H groups in total. The van der Waals surface area contributed by atoms with Crippen LogP contribution in [0.15, 0.2) is 36.4 Å². The van der Waals surface area contributed by atoms with Crippen LogP contribution < -0.4 is 15.8 Å². The van der Waals surface area contributed by atoms with Crippen molar-refractivity contribution in [2.24, 2.45) is 0 Å². The van der Waals surface area contributed by atoms with Gasteiger partial charge in [-0.3, -0.25) is 4.79 Å². The Morgan fingerprint density at radius 3 is 2.38 bits per heavy atom. The first kappa shape index (κ1) is 14.9. The summed E-state index contributed by atoms with van der Waals surface area (Å²) in [5.41, 5.74) is 10.4. The number of aryl methyl sites for hydroxylation is 3. The number of anilines is 2. The minimum atomic E-state index is -0.210. The molecule has 110 valence electrons. The number of carbonyl (C=O) groups is 1. The fourth-order valence-corrected chi connectivity index (χ4v) is 2.16. The first-order valence-corrected chi connectivity index (χ1v) is 6.82. The molecular formula is C17H20N2O2. The largest absolute Gasteiger partial charge is 0.481 e. The summed E-state index contributed by atoms with van der Waals surface area (Å²) in [6.45, 7) is 5.81. The normalized spacial score (nSPS) is 10.2. The molecule has 2 aromatic carbocycles. The maximum atomic E-state index is 11.9. The highest BCUT2D eigenvalue weighted by Gasteiger charge is 2.09. The molecule has 0 aromatic heterocycles. The van der Waals surface area contributed by atoms with Crippen LogP contribution in [0.3, 0.4) is 0 Å². The van der Waals surface area contributed by atoms with Crippen molar-refractivity contribution in [2.45, 2.75) is 20.8 Å². The van der Waals surface area contributed by atoms with Crippen LogP contribution in [-0.4, -0.2) is 12.5 Å². The molecule has 0 unspecified atom stereocenters. The maximum absolute atomic E-state index is 11.9. The zero-order valence-electron chi connectivity index (χ0n) is 12.6. The van der Waals surface area contributed by atoms with E-state index in [1.165, 1.54) is 0 Å². The average Bonchev–Trinajstić information content (AvgIpc) is 2.40. The Hall–Kier alpha value is -2.49. The lowest BCUT2D eigenvalue weighted by Gasteiger charge is -2.13. The van der Waals surface area contributed by atoms with Gasteiger partial charge in [-0.25, -0.2) is 0 Å². The molecule has 0 fully saturated rings. The van der Waals surface area contributed by atoms with Crippen molar-refractivity contribution >= 4 is 17.3 Å². The van der Waals surface area contributed by atoms with Gasteiger partial charge in [-0.1, -0.05) is 23.8 Å².